The number of hydrogen-bond acceptors (Lipinski definition) is 6. The zero-order valence-corrected chi connectivity index (χ0v) is 20.4. The van der Waals surface area contributed by atoms with E-state index in [0.29, 0.717) is 11.5 Å². The molecule has 1 aliphatic carbocycles. The van der Waals surface area contributed by atoms with Gasteiger partial charge in [-0.15, -0.1) is 0 Å². The van der Waals surface area contributed by atoms with Crippen LogP contribution in [0, 0.1) is 6.92 Å². The van der Waals surface area contributed by atoms with Gasteiger partial charge in [-0.05, 0) is 73.7 Å². The fraction of sp³-hybridized carbons (Fsp3) is 0.407. The molecule has 2 aromatic heterocycles. The number of benzene rings is 1. The summed E-state index contributed by atoms with van der Waals surface area (Å²) in [5.41, 5.74) is 7.09. The van der Waals surface area contributed by atoms with E-state index >= 15 is 0 Å². The van der Waals surface area contributed by atoms with Crippen molar-refractivity contribution in [3.63, 3.8) is 0 Å². The summed E-state index contributed by atoms with van der Waals surface area (Å²) in [6.45, 7) is 9.91. The molecular formula is C27H32N6O. The van der Waals surface area contributed by atoms with Gasteiger partial charge >= 0.3 is 0 Å². The number of nitrogens with one attached hydrogen (secondary N) is 1. The van der Waals surface area contributed by atoms with E-state index in [0.717, 1.165) is 61.5 Å². The number of carbonyl (C=O) groups excluding carboxylic acids is 1. The standard InChI is InChI=1S/C27H32N6O/c1-18-15-19(25(34)33-13-11-32(4)12-14-33)5-6-22(18)30-26-28-10-8-23(31-26)20-16-21-24(29-17-20)7-9-27(21,2)3/h5-6,8,10,15-17H,7,9,11-14H2,1-4H3,(H,28,30,31). The number of piperazine rings is 1. The first kappa shape index (κ1) is 22.5. The van der Waals surface area contributed by atoms with Crippen LogP contribution in [0.4, 0.5) is 11.6 Å². The first-order valence-corrected chi connectivity index (χ1v) is 12.0. The van der Waals surface area contributed by atoms with E-state index in [4.69, 9.17) is 9.97 Å². The van der Waals surface area contributed by atoms with Crippen LogP contribution >= 0.6 is 0 Å². The molecule has 7 heteroatoms. The lowest BCUT2D eigenvalue weighted by molar-refractivity contribution is 0.0664. The Morgan fingerprint density at radius 2 is 1.85 bits per heavy atom. The van der Waals surface area contributed by atoms with Gasteiger partial charge in [0.05, 0.1) is 5.69 Å². The van der Waals surface area contributed by atoms with Crippen LogP contribution < -0.4 is 5.32 Å². The number of aromatic nitrogens is 3. The summed E-state index contributed by atoms with van der Waals surface area (Å²) in [6, 6.07) is 9.91. The van der Waals surface area contributed by atoms with Crippen LogP contribution in [0.5, 0.6) is 0 Å². The number of fused-ring (bicyclic) bond motifs is 1. The number of amides is 1. The van der Waals surface area contributed by atoms with Crippen LogP contribution in [0.2, 0.25) is 0 Å². The number of likely N-dealkylation sites (N-methyl/N-ethyl adjacent to an activating group) is 1. The number of nitrogens with zero attached hydrogens (tertiary/aromatic N) is 5. The van der Waals surface area contributed by atoms with Gasteiger partial charge in [0.15, 0.2) is 0 Å². The van der Waals surface area contributed by atoms with Crippen LogP contribution in [0.25, 0.3) is 11.3 Å². The molecule has 2 aliphatic rings. The molecule has 176 valence electrons. The summed E-state index contributed by atoms with van der Waals surface area (Å²) >= 11 is 0. The maximum atomic E-state index is 12.9. The second kappa shape index (κ2) is 8.80. The van der Waals surface area contributed by atoms with Crippen molar-refractivity contribution in [2.75, 3.05) is 38.5 Å². The summed E-state index contributed by atoms with van der Waals surface area (Å²) in [7, 11) is 2.09. The van der Waals surface area contributed by atoms with Gasteiger partial charge in [0, 0.05) is 61.1 Å². The summed E-state index contributed by atoms with van der Waals surface area (Å²) in [5, 5.41) is 3.33. The third kappa shape index (κ3) is 4.40. The predicted molar refractivity (Wildman–Crippen MR) is 134 cm³/mol. The molecule has 1 aliphatic heterocycles. The third-order valence-corrected chi connectivity index (χ3v) is 7.15. The van der Waals surface area contributed by atoms with Crippen molar-refractivity contribution < 1.29 is 4.79 Å². The monoisotopic (exact) mass is 456 g/mol. The fourth-order valence-electron chi connectivity index (χ4n) is 4.81. The van der Waals surface area contributed by atoms with Crippen LogP contribution in [0.15, 0.2) is 42.7 Å². The predicted octanol–water partition coefficient (Wildman–Crippen LogP) is 4.20. The van der Waals surface area contributed by atoms with Gasteiger partial charge in [-0.2, -0.15) is 0 Å². The summed E-state index contributed by atoms with van der Waals surface area (Å²) in [6.07, 6.45) is 5.84. The Morgan fingerprint density at radius 3 is 2.62 bits per heavy atom. The van der Waals surface area contributed by atoms with Crippen molar-refractivity contribution in [3.05, 3.63) is 65.1 Å². The lowest BCUT2D eigenvalue weighted by Crippen LogP contribution is -2.47. The number of hydrogen-bond donors (Lipinski definition) is 1. The average Bonchev–Trinajstić information content (AvgIpc) is 3.14. The van der Waals surface area contributed by atoms with Crippen LogP contribution in [0.3, 0.4) is 0 Å². The highest BCUT2D eigenvalue weighted by atomic mass is 16.2. The smallest absolute Gasteiger partial charge is 0.253 e. The van der Waals surface area contributed by atoms with Crippen LogP contribution in [0.1, 0.15) is 47.4 Å². The van der Waals surface area contributed by atoms with Gasteiger partial charge < -0.3 is 15.1 Å². The van der Waals surface area contributed by atoms with Crippen molar-refractivity contribution in [3.8, 4) is 11.3 Å². The second-order valence-electron chi connectivity index (χ2n) is 10.1. The average molecular weight is 457 g/mol. The molecule has 34 heavy (non-hydrogen) atoms. The zero-order chi connectivity index (χ0) is 23.9. The molecule has 5 rings (SSSR count). The highest BCUT2D eigenvalue weighted by Crippen LogP contribution is 2.38. The van der Waals surface area contributed by atoms with Gasteiger partial charge in [-0.25, -0.2) is 9.97 Å². The quantitative estimate of drug-likeness (QED) is 0.634. The van der Waals surface area contributed by atoms with Crippen molar-refractivity contribution >= 4 is 17.5 Å². The van der Waals surface area contributed by atoms with E-state index in [1.54, 1.807) is 6.20 Å². The maximum Gasteiger partial charge on any atom is 0.253 e. The van der Waals surface area contributed by atoms with Crippen molar-refractivity contribution in [1.82, 2.24) is 24.8 Å². The Bertz CT molecular complexity index is 1230. The summed E-state index contributed by atoms with van der Waals surface area (Å²) < 4.78 is 0. The minimum atomic E-state index is 0.0908. The van der Waals surface area contributed by atoms with Crippen molar-refractivity contribution in [1.29, 1.82) is 0 Å². The fourth-order valence-corrected chi connectivity index (χ4v) is 4.81. The Labute approximate surface area is 201 Å². The molecule has 0 bridgehead atoms. The molecule has 1 amide bonds. The molecule has 3 aromatic rings. The Balaban J connectivity index is 1.34. The van der Waals surface area contributed by atoms with E-state index in [9.17, 15) is 4.79 Å². The van der Waals surface area contributed by atoms with Gasteiger partial charge in [-0.1, -0.05) is 13.8 Å². The van der Waals surface area contributed by atoms with E-state index in [-0.39, 0.29) is 11.3 Å². The molecular weight excluding hydrogens is 424 g/mol. The third-order valence-electron chi connectivity index (χ3n) is 7.15. The highest BCUT2D eigenvalue weighted by Gasteiger charge is 2.31. The molecule has 0 atom stereocenters. The maximum absolute atomic E-state index is 12.9. The molecule has 7 nitrogen and oxygen atoms in total. The molecule has 0 saturated carbocycles. The lowest BCUT2D eigenvalue weighted by Gasteiger charge is -2.32. The first-order chi connectivity index (χ1) is 16.3. The summed E-state index contributed by atoms with van der Waals surface area (Å²) in [4.78, 5) is 31.0. The SMILES string of the molecule is Cc1cc(C(=O)N2CCN(C)CC2)ccc1Nc1nccc(-c2cnc3c(c2)C(C)(C)CC3)n1. The van der Waals surface area contributed by atoms with E-state index < -0.39 is 0 Å². The Kier molecular flexibility index (Phi) is 5.81. The molecule has 0 spiro atoms. The second-order valence-corrected chi connectivity index (χ2v) is 10.1. The zero-order valence-electron chi connectivity index (χ0n) is 20.4. The minimum absolute atomic E-state index is 0.0908. The Morgan fingerprint density at radius 1 is 1.06 bits per heavy atom. The lowest BCUT2D eigenvalue weighted by atomic mass is 9.86. The number of aryl methyl sites for hydroxylation is 2. The van der Waals surface area contributed by atoms with E-state index in [1.807, 2.05) is 42.3 Å². The Hall–Kier alpha value is -3.32. The van der Waals surface area contributed by atoms with Crippen LogP contribution in [-0.2, 0) is 11.8 Å². The van der Waals surface area contributed by atoms with Crippen LogP contribution in [-0.4, -0.2) is 63.9 Å². The minimum Gasteiger partial charge on any atom is -0.336 e. The van der Waals surface area contributed by atoms with Crippen molar-refractivity contribution in [2.24, 2.45) is 0 Å². The van der Waals surface area contributed by atoms with Gasteiger partial charge in [0.25, 0.3) is 5.91 Å². The topological polar surface area (TPSA) is 74.2 Å². The van der Waals surface area contributed by atoms with E-state index in [1.165, 1.54) is 11.3 Å². The van der Waals surface area contributed by atoms with Gasteiger partial charge in [0.2, 0.25) is 5.95 Å². The molecule has 1 saturated heterocycles. The molecule has 0 radical (unpaired) electrons. The van der Waals surface area contributed by atoms with Gasteiger partial charge in [0.1, 0.15) is 0 Å². The molecule has 1 aromatic carbocycles. The molecule has 1 fully saturated rings. The normalized spacial score (nSPS) is 17.5. The van der Waals surface area contributed by atoms with Gasteiger partial charge in [-0.3, -0.25) is 9.78 Å². The number of carbonyl (C=O) groups is 1. The largest absolute Gasteiger partial charge is 0.336 e. The highest BCUT2D eigenvalue weighted by molar-refractivity contribution is 5.95. The number of anilines is 2. The molecule has 3 heterocycles. The van der Waals surface area contributed by atoms with Crippen molar-refractivity contribution in [2.45, 2.75) is 39.0 Å². The summed E-state index contributed by atoms with van der Waals surface area (Å²) in [5.74, 6) is 0.617. The first-order valence-electron chi connectivity index (χ1n) is 12.0. The van der Waals surface area contributed by atoms with E-state index in [2.05, 4.69) is 42.2 Å². The number of pyridine rings is 1. The molecule has 0 unspecified atom stereocenters. The number of rotatable bonds is 4. The molecule has 1 N–H and O–H groups in total.